The van der Waals surface area contributed by atoms with Crippen molar-refractivity contribution in [2.24, 2.45) is 0 Å². The van der Waals surface area contributed by atoms with Crippen molar-refractivity contribution in [2.75, 3.05) is 0 Å². The Hall–Kier alpha value is -0.900. The van der Waals surface area contributed by atoms with E-state index in [2.05, 4.69) is 0 Å². The van der Waals surface area contributed by atoms with Crippen molar-refractivity contribution in [3.05, 3.63) is 56.5 Å². The first-order valence-electron chi connectivity index (χ1n) is 5.53. The Kier molecular flexibility index (Phi) is 4.24. The molecule has 20 heavy (non-hydrogen) atoms. The van der Waals surface area contributed by atoms with Gasteiger partial charge in [-0.05, 0) is 36.2 Å². The van der Waals surface area contributed by atoms with Gasteiger partial charge in [0.05, 0.1) is 15.6 Å². The zero-order chi connectivity index (χ0) is 15.1. The van der Waals surface area contributed by atoms with Crippen LogP contribution in [-0.4, -0.2) is 0 Å². The van der Waals surface area contributed by atoms with Gasteiger partial charge < -0.3 is 0 Å². The van der Waals surface area contributed by atoms with Crippen LogP contribution in [0.5, 0.6) is 0 Å². The average Bonchev–Trinajstić information content (AvgIpc) is 2.28. The van der Waals surface area contributed by atoms with Crippen molar-refractivity contribution < 1.29 is 13.2 Å². The zero-order valence-electron chi connectivity index (χ0n) is 10.2. The summed E-state index contributed by atoms with van der Waals surface area (Å²) in [6.45, 7) is 1.40. The van der Waals surface area contributed by atoms with Crippen molar-refractivity contribution in [1.82, 2.24) is 0 Å². The second-order valence-corrected chi connectivity index (χ2v) is 5.52. The van der Waals surface area contributed by atoms with E-state index in [0.29, 0.717) is 16.1 Å². The Labute approximate surface area is 129 Å². The molecule has 0 fully saturated rings. The molecule has 0 saturated carbocycles. The highest BCUT2D eigenvalue weighted by molar-refractivity contribution is 6.41. The molecule has 0 radical (unpaired) electrons. The fourth-order valence-corrected chi connectivity index (χ4v) is 2.94. The van der Waals surface area contributed by atoms with Gasteiger partial charge in [0.2, 0.25) is 0 Å². The van der Waals surface area contributed by atoms with Gasteiger partial charge in [-0.25, -0.2) is 0 Å². The first kappa shape index (κ1) is 15.5. The molecule has 0 aliphatic rings. The quantitative estimate of drug-likeness (QED) is 0.546. The van der Waals surface area contributed by atoms with Gasteiger partial charge in [0.25, 0.3) is 0 Å². The van der Waals surface area contributed by atoms with Crippen molar-refractivity contribution >= 4 is 34.8 Å². The normalized spacial score (nSPS) is 11.8. The van der Waals surface area contributed by atoms with E-state index in [1.807, 2.05) is 0 Å². The Morgan fingerprint density at radius 3 is 1.95 bits per heavy atom. The van der Waals surface area contributed by atoms with Crippen LogP contribution < -0.4 is 0 Å². The van der Waals surface area contributed by atoms with Gasteiger partial charge in [0.1, 0.15) is 0 Å². The lowest BCUT2D eigenvalue weighted by Crippen LogP contribution is -2.07. The summed E-state index contributed by atoms with van der Waals surface area (Å²) in [4.78, 5) is 0. The number of hydrogen-bond acceptors (Lipinski definition) is 0. The molecule has 6 heteroatoms. The van der Waals surface area contributed by atoms with Crippen LogP contribution in [0.25, 0.3) is 11.1 Å². The third kappa shape index (κ3) is 3.05. The lowest BCUT2D eigenvalue weighted by Gasteiger charge is -2.14. The van der Waals surface area contributed by atoms with Crippen molar-refractivity contribution in [2.45, 2.75) is 13.1 Å². The number of benzene rings is 2. The molecule has 2 aromatic rings. The standard InChI is InChI=1S/C14H8Cl3F3/c1-7-2-3-8(4-10(7)14(18,19)20)13-11(16)5-9(15)6-12(13)17/h2-6H,1H3. The molecule has 0 saturated heterocycles. The fourth-order valence-electron chi connectivity index (χ4n) is 1.90. The predicted molar refractivity (Wildman–Crippen MR) is 76.6 cm³/mol. The fraction of sp³-hybridized carbons (Fsp3) is 0.143. The highest BCUT2D eigenvalue weighted by Gasteiger charge is 2.32. The third-order valence-corrected chi connectivity index (χ3v) is 3.65. The highest BCUT2D eigenvalue weighted by Crippen LogP contribution is 2.40. The molecule has 0 atom stereocenters. The summed E-state index contributed by atoms with van der Waals surface area (Å²) >= 11 is 17.8. The third-order valence-electron chi connectivity index (χ3n) is 2.84. The Morgan fingerprint density at radius 1 is 0.900 bits per heavy atom. The first-order chi connectivity index (χ1) is 9.20. The maximum absolute atomic E-state index is 12.9. The second-order valence-electron chi connectivity index (χ2n) is 4.27. The highest BCUT2D eigenvalue weighted by atomic mass is 35.5. The summed E-state index contributed by atoms with van der Waals surface area (Å²) in [5.74, 6) is 0. The minimum Gasteiger partial charge on any atom is -0.166 e. The van der Waals surface area contributed by atoms with Crippen LogP contribution in [0, 0.1) is 6.92 Å². The van der Waals surface area contributed by atoms with E-state index in [0.717, 1.165) is 6.07 Å². The molecule has 0 aromatic heterocycles. The number of aryl methyl sites for hydroxylation is 1. The molecule has 0 nitrogen and oxygen atoms in total. The molecule has 0 aliphatic heterocycles. The van der Waals surface area contributed by atoms with Crippen LogP contribution in [0.4, 0.5) is 13.2 Å². The largest absolute Gasteiger partial charge is 0.416 e. The molecule has 2 aromatic carbocycles. The zero-order valence-corrected chi connectivity index (χ0v) is 12.4. The van der Waals surface area contributed by atoms with E-state index in [1.165, 1.54) is 25.1 Å². The Bertz CT molecular complexity index is 640. The number of halogens is 6. The summed E-state index contributed by atoms with van der Waals surface area (Å²) in [6, 6.07) is 6.86. The lowest BCUT2D eigenvalue weighted by molar-refractivity contribution is -0.138. The minimum absolute atomic E-state index is 0.141. The number of alkyl halides is 3. The molecule has 2 rings (SSSR count). The van der Waals surface area contributed by atoms with E-state index in [9.17, 15) is 13.2 Å². The summed E-state index contributed by atoms with van der Waals surface area (Å²) in [5, 5.41) is 0.742. The van der Waals surface area contributed by atoms with Crippen molar-refractivity contribution in [3.8, 4) is 11.1 Å². The predicted octanol–water partition coefficient (Wildman–Crippen LogP) is 6.64. The van der Waals surface area contributed by atoms with Gasteiger partial charge in [-0.2, -0.15) is 13.2 Å². The van der Waals surface area contributed by atoms with Crippen LogP contribution in [0.3, 0.4) is 0 Å². The Morgan fingerprint density at radius 2 is 1.45 bits per heavy atom. The molecule has 0 bridgehead atoms. The van der Waals surface area contributed by atoms with E-state index in [4.69, 9.17) is 34.8 Å². The van der Waals surface area contributed by atoms with E-state index < -0.39 is 11.7 Å². The number of rotatable bonds is 1. The smallest absolute Gasteiger partial charge is 0.166 e. The summed E-state index contributed by atoms with van der Waals surface area (Å²) in [7, 11) is 0. The average molecular weight is 340 g/mol. The van der Waals surface area contributed by atoms with Crippen LogP contribution >= 0.6 is 34.8 Å². The van der Waals surface area contributed by atoms with Crippen LogP contribution in [0.2, 0.25) is 15.1 Å². The molecule has 0 spiro atoms. The summed E-state index contributed by atoms with van der Waals surface area (Å²) in [5.41, 5.74) is 0.0670. The molecule has 106 valence electrons. The van der Waals surface area contributed by atoms with Crippen molar-refractivity contribution in [1.29, 1.82) is 0 Å². The molecule has 0 unspecified atom stereocenters. The van der Waals surface area contributed by atoms with Gasteiger partial charge in [0, 0.05) is 10.6 Å². The number of hydrogen-bond donors (Lipinski definition) is 0. The van der Waals surface area contributed by atoms with E-state index in [1.54, 1.807) is 6.07 Å². The first-order valence-corrected chi connectivity index (χ1v) is 6.66. The minimum atomic E-state index is -4.43. The molecule has 0 N–H and O–H groups in total. The van der Waals surface area contributed by atoms with Gasteiger partial charge >= 0.3 is 6.18 Å². The van der Waals surface area contributed by atoms with Crippen LogP contribution in [-0.2, 0) is 6.18 Å². The van der Waals surface area contributed by atoms with Crippen molar-refractivity contribution in [3.63, 3.8) is 0 Å². The molecular weight excluding hydrogens is 332 g/mol. The van der Waals surface area contributed by atoms with Gasteiger partial charge in [-0.3, -0.25) is 0 Å². The van der Waals surface area contributed by atoms with Gasteiger partial charge in [-0.15, -0.1) is 0 Å². The molecule has 0 heterocycles. The summed E-state index contributed by atoms with van der Waals surface area (Å²) < 4.78 is 38.8. The second kappa shape index (κ2) is 5.47. The van der Waals surface area contributed by atoms with E-state index in [-0.39, 0.29) is 15.6 Å². The molecule has 0 amide bonds. The van der Waals surface area contributed by atoms with Gasteiger partial charge in [0.15, 0.2) is 0 Å². The topological polar surface area (TPSA) is 0 Å². The molecular formula is C14H8Cl3F3. The SMILES string of the molecule is Cc1ccc(-c2c(Cl)cc(Cl)cc2Cl)cc1C(F)(F)F. The molecule has 0 aliphatic carbocycles. The van der Waals surface area contributed by atoms with Crippen LogP contribution in [0.15, 0.2) is 30.3 Å². The summed E-state index contributed by atoms with van der Waals surface area (Å²) in [6.07, 6.45) is -4.43. The maximum Gasteiger partial charge on any atom is 0.416 e. The maximum atomic E-state index is 12.9. The van der Waals surface area contributed by atoms with Crippen LogP contribution in [0.1, 0.15) is 11.1 Å². The lowest BCUT2D eigenvalue weighted by atomic mass is 9.99. The van der Waals surface area contributed by atoms with Gasteiger partial charge in [-0.1, -0.05) is 46.9 Å². The Balaban J connectivity index is 2.66. The van der Waals surface area contributed by atoms with E-state index >= 15 is 0 Å². The monoisotopic (exact) mass is 338 g/mol.